The first kappa shape index (κ1) is 21.9. The average molecular weight is 445 g/mol. The molecule has 0 bridgehead atoms. The van der Waals surface area contributed by atoms with E-state index in [1.165, 1.54) is 18.5 Å². The van der Waals surface area contributed by atoms with Crippen LogP contribution in [-0.2, 0) is 22.3 Å². The lowest BCUT2D eigenvalue weighted by Crippen LogP contribution is -2.42. The van der Waals surface area contributed by atoms with Crippen molar-refractivity contribution in [1.82, 2.24) is 24.4 Å². The third-order valence-corrected chi connectivity index (χ3v) is 5.40. The summed E-state index contributed by atoms with van der Waals surface area (Å²) in [4.78, 5) is 27.2. The summed E-state index contributed by atoms with van der Waals surface area (Å²) in [5.74, 6) is 0.804. The van der Waals surface area contributed by atoms with Crippen molar-refractivity contribution < 1.29 is 22.7 Å². The molecule has 1 amide bonds. The normalized spacial score (nSPS) is 16.9. The SMILES string of the molecule is Cc1nccn1CCC(=O)N1CCOC(c2nccnc2-c2cccc(C(F)(F)F)c2)C1. The van der Waals surface area contributed by atoms with Crippen molar-refractivity contribution in [2.45, 2.75) is 32.2 Å². The van der Waals surface area contributed by atoms with Crippen LogP contribution >= 0.6 is 0 Å². The second-order valence-corrected chi connectivity index (χ2v) is 7.49. The number of aromatic nitrogens is 4. The molecule has 0 spiro atoms. The van der Waals surface area contributed by atoms with Crippen molar-refractivity contribution in [2.75, 3.05) is 19.7 Å². The van der Waals surface area contributed by atoms with Crippen molar-refractivity contribution in [3.63, 3.8) is 0 Å². The Morgan fingerprint density at radius 1 is 1.19 bits per heavy atom. The molecule has 10 heteroatoms. The quantitative estimate of drug-likeness (QED) is 0.599. The number of benzene rings is 1. The molecule has 1 aromatic carbocycles. The number of alkyl halides is 3. The van der Waals surface area contributed by atoms with Gasteiger partial charge in [0.05, 0.1) is 30.1 Å². The first-order valence-corrected chi connectivity index (χ1v) is 10.2. The molecule has 2 aromatic heterocycles. The van der Waals surface area contributed by atoms with E-state index in [0.717, 1.165) is 18.0 Å². The molecule has 32 heavy (non-hydrogen) atoms. The van der Waals surface area contributed by atoms with Gasteiger partial charge in [0, 0.05) is 49.9 Å². The predicted molar refractivity (Wildman–Crippen MR) is 109 cm³/mol. The molecule has 0 saturated carbocycles. The van der Waals surface area contributed by atoms with Crippen LogP contribution < -0.4 is 0 Å². The molecule has 1 aliphatic rings. The molecule has 4 rings (SSSR count). The van der Waals surface area contributed by atoms with Crippen LogP contribution in [-0.4, -0.2) is 50.0 Å². The highest BCUT2D eigenvalue weighted by atomic mass is 19.4. The molecule has 1 saturated heterocycles. The summed E-state index contributed by atoms with van der Waals surface area (Å²) in [7, 11) is 0. The Kier molecular flexibility index (Phi) is 6.22. The number of carbonyl (C=O) groups is 1. The zero-order valence-corrected chi connectivity index (χ0v) is 17.4. The highest BCUT2D eigenvalue weighted by Gasteiger charge is 2.32. The second-order valence-electron chi connectivity index (χ2n) is 7.49. The van der Waals surface area contributed by atoms with Crippen molar-refractivity contribution in [1.29, 1.82) is 0 Å². The van der Waals surface area contributed by atoms with Gasteiger partial charge in [-0.2, -0.15) is 13.2 Å². The fourth-order valence-electron chi connectivity index (χ4n) is 3.71. The molecule has 3 aromatic rings. The van der Waals surface area contributed by atoms with E-state index in [1.807, 2.05) is 17.7 Å². The molecule has 3 heterocycles. The minimum Gasteiger partial charge on any atom is -0.368 e. The first-order chi connectivity index (χ1) is 15.3. The molecular formula is C22H22F3N5O2. The average Bonchev–Trinajstić information content (AvgIpc) is 3.21. The Morgan fingerprint density at radius 3 is 2.75 bits per heavy atom. The van der Waals surface area contributed by atoms with Gasteiger partial charge in [0.2, 0.25) is 5.91 Å². The molecule has 1 fully saturated rings. The number of morpholine rings is 1. The molecular weight excluding hydrogens is 423 g/mol. The number of ether oxygens (including phenoxy) is 1. The number of hydrogen-bond donors (Lipinski definition) is 0. The number of carbonyl (C=O) groups excluding carboxylic acids is 1. The Morgan fingerprint density at radius 2 is 2.00 bits per heavy atom. The van der Waals surface area contributed by atoms with E-state index in [-0.39, 0.29) is 12.5 Å². The van der Waals surface area contributed by atoms with E-state index in [0.29, 0.717) is 43.1 Å². The minimum atomic E-state index is -4.46. The summed E-state index contributed by atoms with van der Waals surface area (Å²) in [5.41, 5.74) is 0.259. The summed E-state index contributed by atoms with van der Waals surface area (Å²) in [6.45, 7) is 3.40. The number of hydrogen-bond acceptors (Lipinski definition) is 5. The van der Waals surface area contributed by atoms with Gasteiger partial charge >= 0.3 is 6.18 Å². The van der Waals surface area contributed by atoms with Gasteiger partial charge in [-0.05, 0) is 19.1 Å². The molecule has 1 aliphatic heterocycles. The topological polar surface area (TPSA) is 73.1 Å². The van der Waals surface area contributed by atoms with E-state index in [4.69, 9.17) is 4.74 Å². The van der Waals surface area contributed by atoms with Crippen LogP contribution in [0.1, 0.15) is 29.6 Å². The van der Waals surface area contributed by atoms with Crippen molar-refractivity contribution in [3.8, 4) is 11.3 Å². The standard InChI is InChI=1S/C22H22F3N5O2/c1-15-26-8-10-29(15)9-5-19(31)30-11-12-32-18(14-30)21-20(27-6-7-28-21)16-3-2-4-17(13-16)22(23,24)25/h2-4,6-8,10,13,18H,5,9,11-12,14H2,1H3. The van der Waals surface area contributed by atoms with E-state index >= 15 is 0 Å². The van der Waals surface area contributed by atoms with E-state index < -0.39 is 17.8 Å². The van der Waals surface area contributed by atoms with Crippen LogP contribution in [0.3, 0.4) is 0 Å². The number of rotatable bonds is 5. The smallest absolute Gasteiger partial charge is 0.368 e. The maximum Gasteiger partial charge on any atom is 0.416 e. The van der Waals surface area contributed by atoms with Gasteiger partial charge in [-0.3, -0.25) is 14.8 Å². The Bertz CT molecular complexity index is 1100. The van der Waals surface area contributed by atoms with Crippen LogP contribution in [0.4, 0.5) is 13.2 Å². The zero-order chi connectivity index (χ0) is 22.7. The molecule has 168 valence electrons. The molecule has 1 atom stereocenters. The summed E-state index contributed by atoms with van der Waals surface area (Å²) in [6, 6.07) is 4.96. The number of imidazole rings is 1. The third-order valence-electron chi connectivity index (χ3n) is 5.40. The van der Waals surface area contributed by atoms with Crippen molar-refractivity contribution >= 4 is 5.91 Å². The van der Waals surface area contributed by atoms with Gasteiger partial charge in [0.15, 0.2) is 0 Å². The Hall–Kier alpha value is -3.27. The number of nitrogens with zero attached hydrogens (tertiary/aromatic N) is 5. The molecule has 1 unspecified atom stereocenters. The summed E-state index contributed by atoms with van der Waals surface area (Å²) >= 11 is 0. The molecule has 0 radical (unpaired) electrons. The predicted octanol–water partition coefficient (Wildman–Crippen LogP) is 3.66. The lowest BCUT2D eigenvalue weighted by Gasteiger charge is -2.33. The van der Waals surface area contributed by atoms with Crippen molar-refractivity contribution in [3.05, 3.63) is 66.1 Å². The third kappa shape index (κ3) is 4.80. The molecule has 0 N–H and O–H groups in total. The van der Waals surface area contributed by atoms with Crippen LogP contribution in [0.5, 0.6) is 0 Å². The van der Waals surface area contributed by atoms with Crippen LogP contribution in [0.2, 0.25) is 0 Å². The highest BCUT2D eigenvalue weighted by Crippen LogP contribution is 2.34. The van der Waals surface area contributed by atoms with Gasteiger partial charge in [-0.1, -0.05) is 12.1 Å². The monoisotopic (exact) mass is 445 g/mol. The number of halogens is 3. The van der Waals surface area contributed by atoms with E-state index in [1.54, 1.807) is 17.2 Å². The fourth-order valence-corrected chi connectivity index (χ4v) is 3.71. The lowest BCUT2D eigenvalue weighted by atomic mass is 10.0. The maximum absolute atomic E-state index is 13.2. The van der Waals surface area contributed by atoms with Gasteiger partial charge in [0.1, 0.15) is 11.9 Å². The van der Waals surface area contributed by atoms with Crippen LogP contribution in [0.25, 0.3) is 11.3 Å². The molecule has 7 nitrogen and oxygen atoms in total. The van der Waals surface area contributed by atoms with E-state index in [9.17, 15) is 18.0 Å². The Balaban J connectivity index is 1.52. The summed E-state index contributed by atoms with van der Waals surface area (Å²) < 4.78 is 47.3. The van der Waals surface area contributed by atoms with Crippen LogP contribution in [0, 0.1) is 6.92 Å². The summed E-state index contributed by atoms with van der Waals surface area (Å²) in [6.07, 6.45) is 1.68. The highest BCUT2D eigenvalue weighted by molar-refractivity contribution is 5.76. The Labute approximate surface area is 182 Å². The van der Waals surface area contributed by atoms with Gasteiger partial charge in [0.25, 0.3) is 0 Å². The number of amides is 1. The first-order valence-electron chi connectivity index (χ1n) is 10.2. The van der Waals surface area contributed by atoms with Gasteiger partial charge in [-0.15, -0.1) is 0 Å². The van der Waals surface area contributed by atoms with Crippen molar-refractivity contribution in [2.24, 2.45) is 0 Å². The lowest BCUT2D eigenvalue weighted by molar-refractivity contribution is -0.139. The summed E-state index contributed by atoms with van der Waals surface area (Å²) in [5, 5.41) is 0. The maximum atomic E-state index is 13.2. The molecule has 0 aliphatic carbocycles. The zero-order valence-electron chi connectivity index (χ0n) is 17.4. The van der Waals surface area contributed by atoms with E-state index in [2.05, 4.69) is 15.0 Å². The number of aryl methyl sites for hydroxylation is 2. The van der Waals surface area contributed by atoms with Gasteiger partial charge in [-0.25, -0.2) is 4.98 Å². The van der Waals surface area contributed by atoms with Gasteiger partial charge < -0.3 is 14.2 Å². The largest absolute Gasteiger partial charge is 0.416 e. The second kappa shape index (κ2) is 9.07. The minimum absolute atomic E-state index is 0.0316. The fraction of sp³-hybridized carbons (Fsp3) is 0.364. The van der Waals surface area contributed by atoms with Crippen LogP contribution in [0.15, 0.2) is 49.1 Å².